The van der Waals surface area contributed by atoms with Crippen molar-refractivity contribution in [1.29, 1.82) is 0 Å². The number of aromatic nitrogens is 1. The lowest BCUT2D eigenvalue weighted by atomic mass is 9.99. The van der Waals surface area contributed by atoms with Gasteiger partial charge >= 0.3 is 5.97 Å². The third-order valence-electron chi connectivity index (χ3n) is 3.80. The lowest BCUT2D eigenvalue weighted by Crippen LogP contribution is -2.41. The van der Waals surface area contributed by atoms with E-state index in [0.717, 1.165) is 32.5 Å². The van der Waals surface area contributed by atoms with E-state index < -0.39 is 0 Å². The summed E-state index contributed by atoms with van der Waals surface area (Å²) >= 11 is 1.32. The van der Waals surface area contributed by atoms with Crippen LogP contribution in [0.1, 0.15) is 25.5 Å². The van der Waals surface area contributed by atoms with E-state index >= 15 is 0 Å². The Balaban J connectivity index is 1.78. The Kier molecular flexibility index (Phi) is 7.61. The zero-order valence-electron chi connectivity index (χ0n) is 14.2. The van der Waals surface area contributed by atoms with Gasteiger partial charge < -0.3 is 14.8 Å². The third-order valence-corrected chi connectivity index (χ3v) is 4.61. The highest BCUT2D eigenvalue weighted by atomic mass is 32.1. The van der Waals surface area contributed by atoms with Crippen LogP contribution in [0.4, 0.5) is 5.13 Å². The average Bonchev–Trinajstić information content (AvgIpc) is 2.95. The molecule has 1 aromatic rings. The smallest absolute Gasteiger partial charge is 0.311 e. The van der Waals surface area contributed by atoms with Crippen molar-refractivity contribution in [2.75, 3.05) is 45.3 Å². The van der Waals surface area contributed by atoms with Crippen molar-refractivity contribution in [2.45, 2.75) is 26.2 Å². The maximum Gasteiger partial charge on any atom is 0.311 e. The molecular formula is C16H25N3O4S. The Bertz CT molecular complexity index is 547. The van der Waals surface area contributed by atoms with Crippen LogP contribution in [0.15, 0.2) is 5.38 Å². The molecule has 1 aliphatic rings. The Labute approximate surface area is 146 Å². The van der Waals surface area contributed by atoms with Gasteiger partial charge in [-0.15, -0.1) is 11.3 Å². The quantitative estimate of drug-likeness (QED) is 0.713. The van der Waals surface area contributed by atoms with E-state index in [4.69, 9.17) is 9.47 Å². The van der Waals surface area contributed by atoms with Gasteiger partial charge in [0.15, 0.2) is 5.13 Å². The summed E-state index contributed by atoms with van der Waals surface area (Å²) in [6, 6.07) is 0. The first-order valence-corrected chi connectivity index (χ1v) is 9.09. The second-order valence-electron chi connectivity index (χ2n) is 5.87. The number of ether oxygens (including phenoxy) is 2. The summed E-state index contributed by atoms with van der Waals surface area (Å²) in [4.78, 5) is 30.0. The molecule has 7 nitrogen and oxygen atoms in total. The average molecular weight is 355 g/mol. The summed E-state index contributed by atoms with van der Waals surface area (Å²) in [5, 5.41) is 5.09. The highest BCUT2D eigenvalue weighted by Crippen LogP contribution is 2.18. The van der Waals surface area contributed by atoms with Crippen LogP contribution >= 0.6 is 11.3 Å². The molecule has 1 fully saturated rings. The number of esters is 1. The molecule has 1 atom stereocenters. The molecule has 1 amide bonds. The van der Waals surface area contributed by atoms with Crippen molar-refractivity contribution in [2.24, 2.45) is 5.92 Å². The van der Waals surface area contributed by atoms with Gasteiger partial charge in [-0.25, -0.2) is 4.98 Å². The summed E-state index contributed by atoms with van der Waals surface area (Å²) in [6.45, 7) is 5.02. The van der Waals surface area contributed by atoms with Gasteiger partial charge in [0.1, 0.15) is 0 Å². The number of carbonyl (C=O) groups is 2. The fourth-order valence-corrected chi connectivity index (χ4v) is 3.56. The highest BCUT2D eigenvalue weighted by molar-refractivity contribution is 7.13. The number of nitrogens with one attached hydrogen (secondary N) is 1. The van der Waals surface area contributed by atoms with Crippen molar-refractivity contribution in [1.82, 2.24) is 9.88 Å². The Morgan fingerprint density at radius 3 is 3.08 bits per heavy atom. The van der Waals surface area contributed by atoms with Gasteiger partial charge in [-0.2, -0.15) is 0 Å². The van der Waals surface area contributed by atoms with E-state index in [-0.39, 0.29) is 18.3 Å². The molecule has 134 valence electrons. The van der Waals surface area contributed by atoms with Crippen LogP contribution in [-0.2, 0) is 25.5 Å². The van der Waals surface area contributed by atoms with Gasteiger partial charge in [0, 0.05) is 19.0 Å². The van der Waals surface area contributed by atoms with Crippen LogP contribution in [0, 0.1) is 5.92 Å². The predicted octanol–water partition coefficient (Wildman–Crippen LogP) is 1.55. The number of nitrogens with zero attached hydrogens (tertiary/aromatic N) is 2. The SMILES string of the molecule is CCOC(=O)Cc1csc(NC(=O)CN2CCC[C@@H](COC)C2)n1. The molecule has 2 heterocycles. The molecule has 0 saturated carbocycles. The fraction of sp³-hybridized carbons (Fsp3) is 0.688. The normalized spacial score (nSPS) is 18.3. The second-order valence-corrected chi connectivity index (χ2v) is 6.73. The first kappa shape index (κ1) is 18.8. The van der Waals surface area contributed by atoms with Crippen molar-refractivity contribution >= 4 is 28.3 Å². The van der Waals surface area contributed by atoms with Crippen LogP contribution in [-0.4, -0.2) is 61.7 Å². The molecule has 24 heavy (non-hydrogen) atoms. The van der Waals surface area contributed by atoms with E-state index in [1.165, 1.54) is 11.3 Å². The molecule has 1 saturated heterocycles. The molecule has 1 aromatic heterocycles. The standard InChI is InChI=1S/C16H25N3O4S/c1-3-23-15(21)7-13-11-24-16(17-13)18-14(20)9-19-6-4-5-12(8-19)10-22-2/h11-12H,3-10H2,1-2H3,(H,17,18,20)/t12-/m1/s1. The van der Waals surface area contributed by atoms with Gasteiger partial charge in [0.05, 0.1) is 31.9 Å². The van der Waals surface area contributed by atoms with E-state index in [1.54, 1.807) is 19.4 Å². The maximum atomic E-state index is 12.2. The molecule has 0 radical (unpaired) electrons. The molecule has 0 spiro atoms. The largest absolute Gasteiger partial charge is 0.466 e. The first-order valence-electron chi connectivity index (χ1n) is 8.21. The number of likely N-dealkylation sites (tertiary alicyclic amines) is 1. The van der Waals surface area contributed by atoms with Crippen molar-refractivity contribution < 1.29 is 19.1 Å². The highest BCUT2D eigenvalue weighted by Gasteiger charge is 2.21. The van der Waals surface area contributed by atoms with Crippen molar-refractivity contribution in [3.05, 3.63) is 11.1 Å². The van der Waals surface area contributed by atoms with E-state index in [0.29, 0.717) is 29.9 Å². The van der Waals surface area contributed by atoms with Crippen molar-refractivity contribution in [3.8, 4) is 0 Å². The molecule has 0 unspecified atom stereocenters. The summed E-state index contributed by atoms with van der Waals surface area (Å²) in [7, 11) is 1.71. The van der Waals surface area contributed by atoms with Crippen LogP contribution in [0.2, 0.25) is 0 Å². The van der Waals surface area contributed by atoms with E-state index in [2.05, 4.69) is 15.2 Å². The molecule has 1 N–H and O–H groups in total. The summed E-state index contributed by atoms with van der Waals surface area (Å²) in [5.74, 6) is 0.107. The molecular weight excluding hydrogens is 330 g/mol. The Morgan fingerprint density at radius 2 is 2.33 bits per heavy atom. The number of hydrogen-bond donors (Lipinski definition) is 1. The number of piperidine rings is 1. The molecule has 8 heteroatoms. The number of carbonyl (C=O) groups excluding carboxylic acids is 2. The number of rotatable bonds is 8. The van der Waals surface area contributed by atoms with Gasteiger partial charge in [-0.3, -0.25) is 14.5 Å². The molecule has 1 aliphatic heterocycles. The minimum Gasteiger partial charge on any atom is -0.466 e. The fourth-order valence-electron chi connectivity index (χ4n) is 2.83. The summed E-state index contributed by atoms with van der Waals surface area (Å²) in [5.41, 5.74) is 0.617. The van der Waals surface area contributed by atoms with Crippen LogP contribution in [0.5, 0.6) is 0 Å². The molecule has 0 bridgehead atoms. The second kappa shape index (κ2) is 9.71. The lowest BCUT2D eigenvalue weighted by Gasteiger charge is -2.31. The number of methoxy groups -OCH3 is 1. The molecule has 2 rings (SSSR count). The van der Waals surface area contributed by atoms with Gasteiger partial charge in [0.25, 0.3) is 0 Å². The number of hydrogen-bond acceptors (Lipinski definition) is 7. The lowest BCUT2D eigenvalue weighted by molar-refractivity contribution is -0.142. The first-order chi connectivity index (χ1) is 11.6. The van der Waals surface area contributed by atoms with E-state index in [1.807, 2.05) is 0 Å². The third kappa shape index (κ3) is 6.18. The van der Waals surface area contributed by atoms with E-state index in [9.17, 15) is 9.59 Å². The monoisotopic (exact) mass is 355 g/mol. The zero-order valence-corrected chi connectivity index (χ0v) is 15.1. The minimum atomic E-state index is -0.307. The Hall–Kier alpha value is -1.51. The number of amides is 1. The topological polar surface area (TPSA) is 80.8 Å². The van der Waals surface area contributed by atoms with Gasteiger partial charge in [0.2, 0.25) is 5.91 Å². The predicted molar refractivity (Wildman–Crippen MR) is 92.1 cm³/mol. The molecule has 0 aromatic carbocycles. The number of anilines is 1. The van der Waals surface area contributed by atoms with Gasteiger partial charge in [-0.05, 0) is 32.2 Å². The van der Waals surface area contributed by atoms with Crippen LogP contribution in [0.3, 0.4) is 0 Å². The number of thiazole rings is 1. The Morgan fingerprint density at radius 1 is 1.50 bits per heavy atom. The molecule has 0 aliphatic carbocycles. The zero-order chi connectivity index (χ0) is 17.4. The van der Waals surface area contributed by atoms with Crippen LogP contribution < -0.4 is 5.32 Å². The summed E-state index contributed by atoms with van der Waals surface area (Å²) < 4.78 is 10.1. The van der Waals surface area contributed by atoms with Crippen LogP contribution in [0.25, 0.3) is 0 Å². The summed E-state index contributed by atoms with van der Waals surface area (Å²) in [6.07, 6.45) is 2.36. The van der Waals surface area contributed by atoms with Gasteiger partial charge in [-0.1, -0.05) is 0 Å². The van der Waals surface area contributed by atoms with Crippen molar-refractivity contribution in [3.63, 3.8) is 0 Å². The maximum absolute atomic E-state index is 12.2. The minimum absolute atomic E-state index is 0.0786.